The predicted octanol–water partition coefficient (Wildman–Crippen LogP) is 4.90. The van der Waals surface area contributed by atoms with Crippen molar-refractivity contribution in [3.63, 3.8) is 0 Å². The van der Waals surface area contributed by atoms with Crippen LogP contribution in [0.2, 0.25) is 0 Å². The third-order valence-electron chi connectivity index (χ3n) is 3.72. The second-order valence-corrected chi connectivity index (χ2v) is 6.60. The van der Waals surface area contributed by atoms with Gasteiger partial charge in [-0.15, -0.1) is 0 Å². The maximum Gasteiger partial charge on any atom is 0.237 e. The molecule has 0 atom stereocenters. The van der Waals surface area contributed by atoms with E-state index in [0.717, 1.165) is 22.5 Å². The number of hydrogen-bond donors (Lipinski definition) is 0. The summed E-state index contributed by atoms with van der Waals surface area (Å²) in [6.07, 6.45) is 1.64. The molecule has 0 saturated carbocycles. The lowest BCUT2D eigenvalue weighted by Crippen LogP contribution is -2.26. The summed E-state index contributed by atoms with van der Waals surface area (Å²) in [7, 11) is 0. The molecule has 3 aromatic rings. The molecule has 0 aliphatic heterocycles. The Labute approximate surface area is 136 Å². The van der Waals surface area contributed by atoms with Crippen LogP contribution >= 0.6 is 0 Å². The quantitative estimate of drug-likeness (QED) is 0.674. The molecule has 0 amide bonds. The summed E-state index contributed by atoms with van der Waals surface area (Å²) in [4.78, 5) is 17.4. The predicted molar refractivity (Wildman–Crippen MR) is 93.2 cm³/mol. The highest BCUT2D eigenvalue weighted by atomic mass is 16.2. The second-order valence-electron chi connectivity index (χ2n) is 6.60. The molecule has 1 aromatic heterocycles. The van der Waals surface area contributed by atoms with Crippen molar-refractivity contribution in [2.45, 2.75) is 20.8 Å². The SMILES string of the molecule is CC(C)(C)C(=O)n1cnc(-c2ccccc2)c1-c1ccccc1. The van der Waals surface area contributed by atoms with Gasteiger partial charge in [0.15, 0.2) is 0 Å². The molecule has 0 fully saturated rings. The fraction of sp³-hybridized carbons (Fsp3) is 0.200. The number of imidazole rings is 1. The van der Waals surface area contributed by atoms with Crippen LogP contribution in [0.5, 0.6) is 0 Å². The third kappa shape index (κ3) is 2.95. The zero-order valence-electron chi connectivity index (χ0n) is 13.7. The molecule has 2 aromatic carbocycles. The molecule has 0 N–H and O–H groups in total. The first kappa shape index (κ1) is 15.2. The summed E-state index contributed by atoms with van der Waals surface area (Å²) >= 11 is 0. The van der Waals surface area contributed by atoms with Crippen molar-refractivity contribution in [3.8, 4) is 22.5 Å². The molecule has 0 unspecified atom stereocenters. The van der Waals surface area contributed by atoms with Crippen molar-refractivity contribution in [2.24, 2.45) is 5.41 Å². The van der Waals surface area contributed by atoms with Crippen molar-refractivity contribution in [3.05, 3.63) is 67.0 Å². The van der Waals surface area contributed by atoms with E-state index < -0.39 is 5.41 Å². The molecule has 0 saturated heterocycles. The van der Waals surface area contributed by atoms with Gasteiger partial charge in [-0.3, -0.25) is 9.36 Å². The van der Waals surface area contributed by atoms with Crippen LogP contribution in [-0.2, 0) is 0 Å². The van der Waals surface area contributed by atoms with Crippen LogP contribution < -0.4 is 0 Å². The minimum absolute atomic E-state index is 0.0334. The molecule has 1 heterocycles. The Morgan fingerprint density at radius 2 is 1.39 bits per heavy atom. The van der Waals surface area contributed by atoms with Gasteiger partial charge in [0.2, 0.25) is 5.91 Å². The van der Waals surface area contributed by atoms with Gasteiger partial charge in [0.1, 0.15) is 6.33 Å². The van der Waals surface area contributed by atoms with Gasteiger partial charge in [-0.1, -0.05) is 81.4 Å². The average Bonchev–Trinajstić information content (AvgIpc) is 2.99. The highest BCUT2D eigenvalue weighted by molar-refractivity contribution is 5.92. The van der Waals surface area contributed by atoms with Crippen molar-refractivity contribution < 1.29 is 4.79 Å². The monoisotopic (exact) mass is 304 g/mol. The summed E-state index contributed by atoms with van der Waals surface area (Å²) < 4.78 is 1.68. The van der Waals surface area contributed by atoms with Crippen molar-refractivity contribution in [1.29, 1.82) is 0 Å². The van der Waals surface area contributed by atoms with Gasteiger partial charge >= 0.3 is 0 Å². The molecule has 3 heteroatoms. The largest absolute Gasteiger partial charge is 0.273 e. The van der Waals surface area contributed by atoms with E-state index in [0.29, 0.717) is 0 Å². The summed E-state index contributed by atoms with van der Waals surface area (Å²) in [5.74, 6) is 0.0334. The van der Waals surface area contributed by atoms with E-state index in [9.17, 15) is 4.79 Å². The average molecular weight is 304 g/mol. The molecule has 0 bridgehead atoms. The van der Waals surface area contributed by atoms with Gasteiger partial charge in [0.25, 0.3) is 0 Å². The summed E-state index contributed by atoms with van der Waals surface area (Å²) in [5.41, 5.74) is 3.19. The molecule has 0 aliphatic rings. The Kier molecular flexibility index (Phi) is 3.87. The van der Waals surface area contributed by atoms with E-state index >= 15 is 0 Å². The molecule has 3 nitrogen and oxygen atoms in total. The highest BCUT2D eigenvalue weighted by Crippen LogP contribution is 2.32. The van der Waals surface area contributed by atoms with E-state index in [2.05, 4.69) is 4.98 Å². The lowest BCUT2D eigenvalue weighted by Gasteiger charge is -2.19. The smallest absolute Gasteiger partial charge is 0.237 e. The normalized spacial score (nSPS) is 11.4. The van der Waals surface area contributed by atoms with E-state index in [-0.39, 0.29) is 5.91 Å². The Morgan fingerprint density at radius 3 is 1.91 bits per heavy atom. The van der Waals surface area contributed by atoms with Crippen molar-refractivity contribution in [2.75, 3.05) is 0 Å². The van der Waals surface area contributed by atoms with Crippen LogP contribution in [-0.4, -0.2) is 15.5 Å². The minimum atomic E-state index is -0.474. The Bertz CT molecular complexity index is 812. The van der Waals surface area contributed by atoms with Crippen LogP contribution in [0.15, 0.2) is 67.0 Å². The Hall–Kier alpha value is -2.68. The van der Waals surface area contributed by atoms with Crippen LogP contribution in [0.25, 0.3) is 22.5 Å². The molecule has 116 valence electrons. The summed E-state index contributed by atoms with van der Waals surface area (Å²) in [6, 6.07) is 19.9. The van der Waals surface area contributed by atoms with Gasteiger partial charge < -0.3 is 0 Å². The number of carbonyl (C=O) groups is 1. The number of aromatic nitrogens is 2. The second kappa shape index (κ2) is 5.84. The number of rotatable bonds is 2. The van der Waals surface area contributed by atoms with Crippen molar-refractivity contribution in [1.82, 2.24) is 9.55 Å². The van der Waals surface area contributed by atoms with E-state index in [1.54, 1.807) is 10.9 Å². The van der Waals surface area contributed by atoms with Crippen molar-refractivity contribution >= 4 is 5.91 Å². The van der Waals surface area contributed by atoms with Crippen LogP contribution in [0.4, 0.5) is 0 Å². The summed E-state index contributed by atoms with van der Waals surface area (Å²) in [6.45, 7) is 5.77. The van der Waals surface area contributed by atoms with E-state index in [1.165, 1.54) is 0 Å². The zero-order valence-corrected chi connectivity index (χ0v) is 13.7. The van der Waals surface area contributed by atoms with Gasteiger partial charge in [-0.25, -0.2) is 4.98 Å². The van der Waals surface area contributed by atoms with Crippen LogP contribution in [0, 0.1) is 5.41 Å². The van der Waals surface area contributed by atoms with Crippen LogP contribution in [0.3, 0.4) is 0 Å². The highest BCUT2D eigenvalue weighted by Gasteiger charge is 2.27. The summed E-state index contributed by atoms with van der Waals surface area (Å²) in [5, 5.41) is 0. The van der Waals surface area contributed by atoms with Gasteiger partial charge in [0, 0.05) is 16.5 Å². The maximum atomic E-state index is 12.8. The van der Waals surface area contributed by atoms with Crippen LogP contribution in [0.1, 0.15) is 25.6 Å². The molecule has 0 spiro atoms. The standard InChI is InChI=1S/C20H20N2O/c1-20(2,3)19(23)22-14-21-17(15-10-6-4-7-11-15)18(22)16-12-8-5-9-13-16/h4-14H,1-3H3. The first-order valence-electron chi connectivity index (χ1n) is 7.71. The third-order valence-corrected chi connectivity index (χ3v) is 3.72. The van der Waals surface area contributed by atoms with Gasteiger partial charge in [0.05, 0.1) is 11.4 Å². The molecular weight excluding hydrogens is 284 g/mol. The molecule has 23 heavy (non-hydrogen) atoms. The topological polar surface area (TPSA) is 34.9 Å². The zero-order chi connectivity index (χ0) is 16.4. The molecular formula is C20H20N2O. The first-order valence-corrected chi connectivity index (χ1v) is 7.71. The fourth-order valence-corrected chi connectivity index (χ4v) is 2.54. The van der Waals surface area contributed by atoms with Gasteiger partial charge in [-0.05, 0) is 0 Å². The first-order chi connectivity index (χ1) is 11.0. The Morgan fingerprint density at radius 1 is 0.870 bits per heavy atom. The number of benzene rings is 2. The number of carbonyl (C=O) groups excluding carboxylic acids is 1. The van der Waals surface area contributed by atoms with E-state index in [1.807, 2.05) is 81.4 Å². The molecule has 0 aliphatic carbocycles. The van der Waals surface area contributed by atoms with E-state index in [4.69, 9.17) is 0 Å². The molecule has 3 rings (SSSR count). The lowest BCUT2D eigenvalue weighted by molar-refractivity contribution is 0.0768. The maximum absolute atomic E-state index is 12.8. The van der Waals surface area contributed by atoms with Gasteiger partial charge in [-0.2, -0.15) is 0 Å². The lowest BCUT2D eigenvalue weighted by atomic mass is 9.95. The number of nitrogens with zero attached hydrogens (tertiary/aromatic N) is 2. The fourth-order valence-electron chi connectivity index (χ4n) is 2.54. The Balaban J connectivity index is 2.24. The number of hydrogen-bond acceptors (Lipinski definition) is 2. The minimum Gasteiger partial charge on any atom is -0.273 e. The molecule has 0 radical (unpaired) electrons.